The Labute approximate surface area is 174 Å². The van der Waals surface area contributed by atoms with Crippen LogP contribution in [0.25, 0.3) is 5.69 Å². The number of rotatable bonds is 5. The largest absolute Gasteiger partial charge is 0.481 e. The molecule has 9 heteroatoms. The first kappa shape index (κ1) is 21.5. The van der Waals surface area contributed by atoms with Crippen LogP contribution in [0, 0.1) is 5.92 Å². The summed E-state index contributed by atoms with van der Waals surface area (Å²) in [4.78, 5) is 37.4. The number of benzene rings is 1. The number of carboxylic acids is 1. The minimum Gasteiger partial charge on any atom is -0.481 e. The maximum absolute atomic E-state index is 12.8. The number of nitrogens with zero attached hydrogens (tertiary/aromatic N) is 4. The number of ether oxygens (including phenoxy) is 1. The summed E-state index contributed by atoms with van der Waals surface area (Å²) in [5, 5.41) is 16.6. The number of hydrogen-bond acceptors (Lipinski definition) is 6. The highest BCUT2D eigenvalue weighted by molar-refractivity contribution is 5.98. The van der Waals surface area contributed by atoms with E-state index in [0.29, 0.717) is 42.9 Å². The molecule has 1 fully saturated rings. The number of amides is 1. The third kappa shape index (κ3) is 5.43. The lowest BCUT2D eigenvalue weighted by molar-refractivity contribution is -0.136. The summed E-state index contributed by atoms with van der Waals surface area (Å²) < 4.78 is 6.87. The van der Waals surface area contributed by atoms with Crippen molar-refractivity contribution in [3.05, 3.63) is 41.7 Å². The standard InChI is InChI=1S/C21H26N4O5/c1-21(2,3)30-20(29)24-10-8-15(9-11-24)19(28)14-4-6-17(7-5-14)25-13-16(22-23-25)12-18(26)27/h4-7,13,15H,8-12H2,1-3H3,(H,26,27). The van der Waals surface area contributed by atoms with Gasteiger partial charge in [0.1, 0.15) is 5.60 Å². The summed E-state index contributed by atoms with van der Waals surface area (Å²) >= 11 is 0. The fourth-order valence-corrected chi connectivity index (χ4v) is 3.33. The van der Waals surface area contributed by atoms with Gasteiger partial charge in [-0.2, -0.15) is 0 Å². The van der Waals surface area contributed by atoms with Gasteiger partial charge < -0.3 is 14.7 Å². The highest BCUT2D eigenvalue weighted by Gasteiger charge is 2.30. The summed E-state index contributed by atoms with van der Waals surface area (Å²) in [6.45, 7) is 6.48. The summed E-state index contributed by atoms with van der Waals surface area (Å²) in [5.41, 5.74) is 1.11. The molecule has 0 radical (unpaired) electrons. The zero-order valence-corrected chi connectivity index (χ0v) is 17.4. The third-order valence-electron chi connectivity index (χ3n) is 4.81. The van der Waals surface area contributed by atoms with Crippen molar-refractivity contribution in [3.63, 3.8) is 0 Å². The van der Waals surface area contributed by atoms with Crippen LogP contribution in [0.1, 0.15) is 49.7 Å². The van der Waals surface area contributed by atoms with Crippen molar-refractivity contribution in [3.8, 4) is 5.69 Å². The lowest BCUT2D eigenvalue weighted by atomic mass is 9.89. The minimum absolute atomic E-state index is 0.0514. The van der Waals surface area contributed by atoms with E-state index in [4.69, 9.17) is 9.84 Å². The molecule has 3 rings (SSSR count). The van der Waals surface area contributed by atoms with Crippen LogP contribution in [-0.4, -0.2) is 61.5 Å². The van der Waals surface area contributed by atoms with Crippen LogP contribution in [0.2, 0.25) is 0 Å². The van der Waals surface area contributed by atoms with E-state index in [-0.39, 0.29) is 24.2 Å². The third-order valence-corrected chi connectivity index (χ3v) is 4.81. The summed E-state index contributed by atoms with van der Waals surface area (Å²) in [7, 11) is 0. The summed E-state index contributed by atoms with van der Waals surface area (Å²) in [6.07, 6.45) is 2.21. The molecule has 9 nitrogen and oxygen atoms in total. The van der Waals surface area contributed by atoms with Crippen LogP contribution >= 0.6 is 0 Å². The van der Waals surface area contributed by atoms with Crippen LogP contribution in [0.5, 0.6) is 0 Å². The molecule has 1 aromatic heterocycles. The number of carbonyl (C=O) groups is 3. The van der Waals surface area contributed by atoms with Crippen LogP contribution in [0.15, 0.2) is 30.5 Å². The van der Waals surface area contributed by atoms with Crippen molar-refractivity contribution in [2.45, 2.75) is 45.6 Å². The van der Waals surface area contributed by atoms with Crippen LogP contribution in [0.3, 0.4) is 0 Å². The van der Waals surface area contributed by atoms with Gasteiger partial charge in [-0.05, 0) is 57.9 Å². The highest BCUT2D eigenvalue weighted by atomic mass is 16.6. The van der Waals surface area contributed by atoms with Crippen LogP contribution < -0.4 is 0 Å². The Morgan fingerprint density at radius 3 is 2.33 bits per heavy atom. The second-order valence-electron chi connectivity index (χ2n) is 8.38. The topological polar surface area (TPSA) is 115 Å². The molecule has 0 spiro atoms. The minimum atomic E-state index is -0.972. The van der Waals surface area contributed by atoms with Crippen molar-refractivity contribution < 1.29 is 24.2 Å². The molecule has 0 unspecified atom stereocenters. The molecule has 2 heterocycles. The van der Waals surface area contributed by atoms with E-state index < -0.39 is 11.6 Å². The maximum atomic E-state index is 12.8. The van der Waals surface area contributed by atoms with Gasteiger partial charge in [-0.15, -0.1) is 5.10 Å². The van der Waals surface area contributed by atoms with E-state index in [1.807, 2.05) is 20.8 Å². The number of aliphatic carboxylic acids is 1. The van der Waals surface area contributed by atoms with E-state index in [1.165, 1.54) is 4.68 Å². The van der Waals surface area contributed by atoms with Gasteiger partial charge in [0, 0.05) is 24.6 Å². The van der Waals surface area contributed by atoms with Crippen molar-refractivity contribution >= 4 is 17.8 Å². The quantitative estimate of drug-likeness (QED) is 0.748. The zero-order chi connectivity index (χ0) is 21.9. The molecule has 1 aliphatic heterocycles. The van der Waals surface area contributed by atoms with Crippen molar-refractivity contribution in [1.82, 2.24) is 19.9 Å². The average Bonchev–Trinajstić information content (AvgIpc) is 3.14. The Balaban J connectivity index is 1.58. The zero-order valence-electron chi connectivity index (χ0n) is 17.4. The number of carboxylic acid groups (broad SMARTS) is 1. The van der Waals surface area contributed by atoms with Gasteiger partial charge in [-0.1, -0.05) is 5.21 Å². The Kier molecular flexibility index (Phi) is 6.19. The molecule has 0 bridgehead atoms. The molecule has 0 atom stereocenters. The molecule has 30 heavy (non-hydrogen) atoms. The van der Waals surface area contributed by atoms with Crippen LogP contribution in [0.4, 0.5) is 4.79 Å². The van der Waals surface area contributed by atoms with Gasteiger partial charge in [0.2, 0.25) is 0 Å². The molecular formula is C21H26N4O5. The Morgan fingerprint density at radius 2 is 1.77 bits per heavy atom. The number of hydrogen-bond donors (Lipinski definition) is 1. The molecule has 160 valence electrons. The van der Waals surface area contributed by atoms with E-state index >= 15 is 0 Å². The average molecular weight is 414 g/mol. The highest BCUT2D eigenvalue weighted by Crippen LogP contribution is 2.24. The van der Waals surface area contributed by atoms with E-state index in [2.05, 4.69) is 10.3 Å². The predicted molar refractivity (Wildman–Crippen MR) is 108 cm³/mol. The number of Topliss-reactive ketones (excluding diaryl/α,β-unsaturated/α-hetero) is 1. The molecule has 2 aromatic rings. The Morgan fingerprint density at radius 1 is 1.13 bits per heavy atom. The fraction of sp³-hybridized carbons (Fsp3) is 0.476. The predicted octanol–water partition coefficient (Wildman–Crippen LogP) is 2.72. The van der Waals surface area contributed by atoms with E-state index in [0.717, 1.165) is 0 Å². The maximum Gasteiger partial charge on any atom is 0.410 e. The van der Waals surface area contributed by atoms with Crippen molar-refractivity contribution in [2.24, 2.45) is 5.92 Å². The molecule has 0 aliphatic carbocycles. The van der Waals surface area contributed by atoms with Crippen LogP contribution in [-0.2, 0) is 16.0 Å². The Hall–Kier alpha value is -3.23. The van der Waals surface area contributed by atoms with Crippen molar-refractivity contribution in [1.29, 1.82) is 0 Å². The number of ketones is 1. The van der Waals surface area contributed by atoms with Gasteiger partial charge in [0.25, 0.3) is 0 Å². The lowest BCUT2D eigenvalue weighted by Crippen LogP contribution is -2.43. The normalized spacial score (nSPS) is 15.1. The second-order valence-corrected chi connectivity index (χ2v) is 8.38. The number of aromatic nitrogens is 3. The second kappa shape index (κ2) is 8.64. The smallest absolute Gasteiger partial charge is 0.410 e. The molecule has 1 aromatic carbocycles. The SMILES string of the molecule is CC(C)(C)OC(=O)N1CCC(C(=O)c2ccc(-n3cc(CC(=O)O)nn3)cc2)CC1. The molecule has 1 amide bonds. The lowest BCUT2D eigenvalue weighted by Gasteiger charge is -2.33. The first-order valence-electron chi connectivity index (χ1n) is 9.88. The van der Waals surface area contributed by atoms with Gasteiger partial charge in [0.05, 0.1) is 24.0 Å². The number of likely N-dealkylation sites (tertiary alicyclic amines) is 1. The van der Waals surface area contributed by atoms with Gasteiger partial charge in [-0.25, -0.2) is 9.48 Å². The number of piperidine rings is 1. The first-order valence-corrected chi connectivity index (χ1v) is 9.88. The first-order chi connectivity index (χ1) is 14.1. The van der Waals surface area contributed by atoms with Crippen molar-refractivity contribution in [2.75, 3.05) is 13.1 Å². The van der Waals surface area contributed by atoms with Gasteiger partial charge >= 0.3 is 12.1 Å². The van der Waals surface area contributed by atoms with E-state index in [1.54, 1.807) is 35.4 Å². The summed E-state index contributed by atoms with van der Waals surface area (Å²) in [5.74, 6) is -1.06. The van der Waals surface area contributed by atoms with Gasteiger partial charge in [-0.3, -0.25) is 9.59 Å². The molecule has 1 saturated heterocycles. The van der Waals surface area contributed by atoms with Gasteiger partial charge in [0.15, 0.2) is 5.78 Å². The Bertz CT molecular complexity index is 922. The molecule has 0 saturated carbocycles. The fourth-order valence-electron chi connectivity index (χ4n) is 3.33. The summed E-state index contributed by atoms with van der Waals surface area (Å²) in [6, 6.07) is 6.97. The molecule has 1 aliphatic rings. The molecule has 1 N–H and O–H groups in total. The number of carbonyl (C=O) groups excluding carboxylic acids is 2. The monoisotopic (exact) mass is 414 g/mol. The molecular weight excluding hydrogens is 388 g/mol. The van der Waals surface area contributed by atoms with E-state index in [9.17, 15) is 14.4 Å².